The second-order valence-electron chi connectivity index (χ2n) is 6.66. The molecule has 0 radical (unpaired) electrons. The van der Waals surface area contributed by atoms with Crippen LogP contribution in [-0.4, -0.2) is 44.1 Å². The molecule has 0 fully saturated rings. The number of aromatic nitrogens is 5. The Labute approximate surface area is 183 Å². The third kappa shape index (κ3) is 4.93. The van der Waals surface area contributed by atoms with Gasteiger partial charge in [0.25, 0.3) is 5.91 Å². The number of pyridine rings is 1. The minimum Gasteiger partial charge on any atom is -0.497 e. The fraction of sp³-hybridized carbons (Fsp3) is 0.0909. The quantitative estimate of drug-likeness (QED) is 0.463. The number of carbonyl (C=O) groups is 2. The highest BCUT2D eigenvalue weighted by Gasteiger charge is 2.15. The molecule has 32 heavy (non-hydrogen) atoms. The van der Waals surface area contributed by atoms with Gasteiger partial charge in [0, 0.05) is 23.6 Å². The van der Waals surface area contributed by atoms with Gasteiger partial charge in [0.1, 0.15) is 12.3 Å². The lowest BCUT2D eigenvalue weighted by atomic mass is 10.1. The number of ether oxygens (including phenoxy) is 1. The highest BCUT2D eigenvalue weighted by Crippen LogP contribution is 2.24. The molecule has 160 valence electrons. The average Bonchev–Trinajstić information content (AvgIpc) is 3.28. The first-order chi connectivity index (χ1) is 15.6. The fourth-order valence-electron chi connectivity index (χ4n) is 2.90. The topological polar surface area (TPSA) is 124 Å². The Morgan fingerprint density at radius 2 is 1.81 bits per heavy atom. The predicted octanol–water partition coefficient (Wildman–Crippen LogP) is 2.63. The zero-order valence-electron chi connectivity index (χ0n) is 17.1. The van der Waals surface area contributed by atoms with Gasteiger partial charge in [-0.1, -0.05) is 12.1 Å². The van der Waals surface area contributed by atoms with Crippen LogP contribution in [0, 0.1) is 0 Å². The molecule has 0 unspecified atom stereocenters. The minimum atomic E-state index is -0.309. The number of benzene rings is 2. The van der Waals surface area contributed by atoms with Crippen molar-refractivity contribution in [3.05, 3.63) is 78.6 Å². The fourth-order valence-corrected chi connectivity index (χ4v) is 2.90. The van der Waals surface area contributed by atoms with Crippen LogP contribution in [0.1, 0.15) is 10.4 Å². The van der Waals surface area contributed by atoms with Gasteiger partial charge in [-0.05, 0) is 53.7 Å². The summed E-state index contributed by atoms with van der Waals surface area (Å²) in [6.07, 6.45) is 3.08. The van der Waals surface area contributed by atoms with Gasteiger partial charge in [-0.25, -0.2) is 0 Å². The van der Waals surface area contributed by atoms with Gasteiger partial charge in [-0.15, -0.1) is 10.2 Å². The molecule has 0 spiro atoms. The van der Waals surface area contributed by atoms with Crippen molar-refractivity contribution in [2.45, 2.75) is 6.54 Å². The smallest absolute Gasteiger partial charge is 0.257 e. The van der Waals surface area contributed by atoms with Gasteiger partial charge in [-0.3, -0.25) is 14.6 Å². The van der Waals surface area contributed by atoms with Crippen LogP contribution in [0.15, 0.2) is 73.1 Å². The molecule has 0 saturated carbocycles. The molecule has 0 atom stereocenters. The number of hydrogen-bond acceptors (Lipinski definition) is 7. The second-order valence-corrected chi connectivity index (χ2v) is 6.66. The largest absolute Gasteiger partial charge is 0.497 e. The van der Waals surface area contributed by atoms with Crippen molar-refractivity contribution in [2.75, 3.05) is 17.7 Å². The molecule has 0 aliphatic heterocycles. The number of hydrogen-bond donors (Lipinski definition) is 2. The van der Waals surface area contributed by atoms with E-state index in [0.29, 0.717) is 28.3 Å². The summed E-state index contributed by atoms with van der Waals surface area (Å²) in [6.45, 7) is -0.122. The van der Waals surface area contributed by atoms with Crippen molar-refractivity contribution in [2.24, 2.45) is 0 Å². The van der Waals surface area contributed by atoms with Crippen LogP contribution in [0.5, 0.6) is 5.75 Å². The SMILES string of the molecule is COc1ccc(NC(=O)Cn2nnc(-c3ccccc3NC(=O)c3cccnc3)n2)cc1. The van der Waals surface area contributed by atoms with Gasteiger partial charge >= 0.3 is 0 Å². The minimum absolute atomic E-state index is 0.122. The Bertz CT molecular complexity index is 1220. The summed E-state index contributed by atoms with van der Waals surface area (Å²) >= 11 is 0. The number of methoxy groups -OCH3 is 1. The van der Waals surface area contributed by atoms with Crippen molar-refractivity contribution in [3.8, 4) is 17.1 Å². The Morgan fingerprint density at radius 1 is 1.00 bits per heavy atom. The molecule has 2 aromatic carbocycles. The van der Waals surface area contributed by atoms with Crippen LogP contribution in [0.25, 0.3) is 11.4 Å². The van der Waals surface area contributed by atoms with Gasteiger partial charge in [0.05, 0.1) is 18.4 Å². The second kappa shape index (κ2) is 9.47. The van der Waals surface area contributed by atoms with E-state index in [1.54, 1.807) is 74.0 Å². The summed E-state index contributed by atoms with van der Waals surface area (Å²) in [5.41, 5.74) is 2.14. The highest BCUT2D eigenvalue weighted by atomic mass is 16.5. The summed E-state index contributed by atoms with van der Waals surface area (Å²) < 4.78 is 5.10. The number of nitrogens with zero attached hydrogens (tertiary/aromatic N) is 5. The molecule has 2 aromatic heterocycles. The molecule has 10 nitrogen and oxygen atoms in total. The van der Waals surface area contributed by atoms with E-state index in [2.05, 4.69) is 31.0 Å². The highest BCUT2D eigenvalue weighted by molar-refractivity contribution is 6.05. The van der Waals surface area contributed by atoms with Crippen molar-refractivity contribution >= 4 is 23.2 Å². The van der Waals surface area contributed by atoms with E-state index in [1.807, 2.05) is 0 Å². The zero-order valence-corrected chi connectivity index (χ0v) is 17.1. The van der Waals surface area contributed by atoms with Gasteiger partial charge in [0.15, 0.2) is 0 Å². The summed E-state index contributed by atoms with van der Waals surface area (Å²) in [7, 11) is 1.57. The number of tetrazole rings is 1. The molecule has 2 heterocycles. The first-order valence-corrected chi connectivity index (χ1v) is 9.65. The summed E-state index contributed by atoms with van der Waals surface area (Å²) in [4.78, 5) is 29.9. The summed E-state index contributed by atoms with van der Waals surface area (Å²) in [6, 6.07) is 17.4. The van der Waals surface area contributed by atoms with Gasteiger partial charge < -0.3 is 15.4 Å². The van der Waals surface area contributed by atoms with E-state index in [1.165, 1.54) is 11.0 Å². The third-order valence-corrected chi connectivity index (χ3v) is 4.45. The summed E-state index contributed by atoms with van der Waals surface area (Å²) in [5, 5.41) is 17.9. The third-order valence-electron chi connectivity index (χ3n) is 4.45. The Morgan fingerprint density at radius 3 is 2.56 bits per heavy atom. The molecule has 4 aromatic rings. The molecule has 10 heteroatoms. The first-order valence-electron chi connectivity index (χ1n) is 9.65. The molecule has 2 amide bonds. The van der Waals surface area contributed by atoms with Crippen molar-refractivity contribution in [1.82, 2.24) is 25.2 Å². The maximum absolute atomic E-state index is 12.5. The van der Waals surface area contributed by atoms with E-state index in [9.17, 15) is 9.59 Å². The molecule has 0 bridgehead atoms. The molecule has 0 saturated heterocycles. The van der Waals surface area contributed by atoms with Gasteiger partial charge in [0.2, 0.25) is 11.7 Å². The maximum atomic E-state index is 12.5. The van der Waals surface area contributed by atoms with Crippen LogP contribution in [-0.2, 0) is 11.3 Å². The monoisotopic (exact) mass is 429 g/mol. The number of carbonyl (C=O) groups excluding carboxylic acids is 2. The summed E-state index contributed by atoms with van der Waals surface area (Å²) in [5.74, 6) is 0.360. The Hall–Kier alpha value is -4.60. The van der Waals surface area contributed by atoms with E-state index >= 15 is 0 Å². The zero-order chi connectivity index (χ0) is 22.3. The maximum Gasteiger partial charge on any atom is 0.257 e. The number of nitrogens with one attached hydrogen (secondary N) is 2. The lowest BCUT2D eigenvalue weighted by Crippen LogP contribution is -2.20. The van der Waals surface area contributed by atoms with Crippen molar-refractivity contribution in [3.63, 3.8) is 0 Å². The molecule has 2 N–H and O–H groups in total. The number of rotatable bonds is 7. The number of para-hydroxylation sites is 1. The van der Waals surface area contributed by atoms with E-state index in [0.717, 1.165) is 0 Å². The van der Waals surface area contributed by atoms with E-state index < -0.39 is 0 Å². The van der Waals surface area contributed by atoms with Crippen LogP contribution in [0.4, 0.5) is 11.4 Å². The number of anilines is 2. The molecule has 4 rings (SSSR count). The Kier molecular flexibility index (Phi) is 6.12. The first kappa shape index (κ1) is 20.7. The van der Waals surface area contributed by atoms with E-state index in [4.69, 9.17) is 4.74 Å². The molecular weight excluding hydrogens is 410 g/mol. The van der Waals surface area contributed by atoms with Crippen LogP contribution in [0.3, 0.4) is 0 Å². The van der Waals surface area contributed by atoms with Crippen LogP contribution < -0.4 is 15.4 Å². The average molecular weight is 429 g/mol. The van der Waals surface area contributed by atoms with Gasteiger partial charge in [-0.2, -0.15) is 4.80 Å². The standard InChI is InChI=1S/C22H19N7O3/c1-32-17-10-8-16(9-11-17)24-20(30)14-29-27-21(26-28-29)18-6-2-3-7-19(18)25-22(31)15-5-4-12-23-13-15/h2-13H,14H2,1H3,(H,24,30)(H,25,31). The molecular formula is C22H19N7O3. The van der Waals surface area contributed by atoms with Crippen LogP contribution in [0.2, 0.25) is 0 Å². The van der Waals surface area contributed by atoms with E-state index in [-0.39, 0.29) is 24.2 Å². The van der Waals surface area contributed by atoms with Crippen molar-refractivity contribution in [1.29, 1.82) is 0 Å². The normalized spacial score (nSPS) is 10.4. The van der Waals surface area contributed by atoms with Crippen molar-refractivity contribution < 1.29 is 14.3 Å². The molecule has 0 aliphatic rings. The lowest BCUT2D eigenvalue weighted by molar-refractivity contribution is -0.117. The predicted molar refractivity (Wildman–Crippen MR) is 117 cm³/mol. The molecule has 0 aliphatic carbocycles. The van der Waals surface area contributed by atoms with Crippen LogP contribution >= 0.6 is 0 Å². The number of amides is 2. The Balaban J connectivity index is 1.45. The lowest BCUT2D eigenvalue weighted by Gasteiger charge is -2.08.